The highest BCUT2D eigenvalue weighted by molar-refractivity contribution is 5.56. The fraction of sp³-hybridized carbons (Fsp3) is 0.273. The maximum Gasteiger partial charge on any atom is 0.252 e. The molecule has 7 nitrogen and oxygen atoms in total. The van der Waals surface area contributed by atoms with Gasteiger partial charge in [-0.3, -0.25) is 14.5 Å². The fourth-order valence-electron chi connectivity index (χ4n) is 1.89. The predicted molar refractivity (Wildman–Crippen MR) is 65.2 cm³/mol. The summed E-state index contributed by atoms with van der Waals surface area (Å²) in [4.78, 5) is 18.6. The Morgan fingerprint density at radius 2 is 2.22 bits per heavy atom. The van der Waals surface area contributed by atoms with Crippen LogP contribution >= 0.6 is 0 Å². The van der Waals surface area contributed by atoms with E-state index in [9.17, 15) is 4.79 Å². The Morgan fingerprint density at radius 3 is 2.89 bits per heavy atom. The molecule has 0 aliphatic rings. The van der Waals surface area contributed by atoms with Crippen molar-refractivity contribution in [1.82, 2.24) is 29.4 Å². The molecule has 0 bridgehead atoms. The second kappa shape index (κ2) is 3.80. The van der Waals surface area contributed by atoms with Crippen molar-refractivity contribution < 1.29 is 0 Å². The molecule has 92 valence electrons. The molecule has 0 aliphatic heterocycles. The molecule has 0 fully saturated rings. The topological polar surface area (TPSA) is 80.9 Å². The molecular weight excluding hydrogens is 232 g/mol. The summed E-state index contributed by atoms with van der Waals surface area (Å²) in [5.74, 6) is 1.15. The van der Waals surface area contributed by atoms with E-state index in [-0.39, 0.29) is 5.56 Å². The maximum absolute atomic E-state index is 11.6. The zero-order valence-electron chi connectivity index (χ0n) is 10.1. The van der Waals surface area contributed by atoms with Crippen molar-refractivity contribution in [2.45, 2.75) is 13.3 Å². The van der Waals surface area contributed by atoms with E-state index < -0.39 is 0 Å². The SMILES string of the molecule is CCc1nc2[nH]c(=O)cc(-c3ccnn3C)n2n1. The Kier molecular flexibility index (Phi) is 2.26. The van der Waals surface area contributed by atoms with Crippen LogP contribution in [0, 0.1) is 0 Å². The van der Waals surface area contributed by atoms with Crippen LogP contribution in [-0.4, -0.2) is 29.4 Å². The second-order valence-electron chi connectivity index (χ2n) is 3.98. The van der Waals surface area contributed by atoms with E-state index in [1.165, 1.54) is 6.07 Å². The molecule has 7 heteroatoms. The molecule has 3 heterocycles. The van der Waals surface area contributed by atoms with Crippen LogP contribution in [0.4, 0.5) is 0 Å². The van der Waals surface area contributed by atoms with Crippen molar-refractivity contribution in [1.29, 1.82) is 0 Å². The lowest BCUT2D eigenvalue weighted by molar-refractivity contribution is 0.765. The lowest BCUT2D eigenvalue weighted by Gasteiger charge is -2.03. The van der Waals surface area contributed by atoms with Crippen LogP contribution in [-0.2, 0) is 13.5 Å². The van der Waals surface area contributed by atoms with E-state index in [2.05, 4.69) is 20.2 Å². The van der Waals surface area contributed by atoms with E-state index in [0.29, 0.717) is 23.7 Å². The van der Waals surface area contributed by atoms with Gasteiger partial charge in [0.15, 0.2) is 5.82 Å². The molecular formula is C11H12N6O. The highest BCUT2D eigenvalue weighted by atomic mass is 16.1. The van der Waals surface area contributed by atoms with Crippen LogP contribution in [0.15, 0.2) is 23.1 Å². The van der Waals surface area contributed by atoms with Gasteiger partial charge in [-0.2, -0.15) is 14.6 Å². The summed E-state index contributed by atoms with van der Waals surface area (Å²) in [6.45, 7) is 1.97. The van der Waals surface area contributed by atoms with Gasteiger partial charge in [0, 0.05) is 25.7 Å². The lowest BCUT2D eigenvalue weighted by atomic mass is 10.3. The maximum atomic E-state index is 11.6. The molecule has 3 aromatic rings. The number of aromatic nitrogens is 6. The molecule has 3 aromatic heterocycles. The summed E-state index contributed by atoms with van der Waals surface area (Å²) >= 11 is 0. The number of aryl methyl sites for hydroxylation is 2. The molecule has 18 heavy (non-hydrogen) atoms. The number of nitrogens with one attached hydrogen (secondary N) is 1. The first-order chi connectivity index (χ1) is 8.69. The lowest BCUT2D eigenvalue weighted by Crippen LogP contribution is -2.11. The molecule has 0 saturated carbocycles. The summed E-state index contributed by atoms with van der Waals surface area (Å²) in [6, 6.07) is 3.33. The second-order valence-corrected chi connectivity index (χ2v) is 3.98. The first-order valence-corrected chi connectivity index (χ1v) is 5.66. The predicted octanol–water partition coefficient (Wildman–Crippen LogP) is 0.380. The number of hydrogen-bond acceptors (Lipinski definition) is 4. The Bertz CT molecular complexity index is 765. The number of fused-ring (bicyclic) bond motifs is 1. The number of H-pyrrole nitrogens is 1. The standard InChI is InChI=1S/C11H12N6O/c1-3-9-13-11-14-10(18)6-8(17(11)15-9)7-4-5-12-16(7)2/h4-6H,3H2,1-2H3,(H,13,14,15,18). The van der Waals surface area contributed by atoms with Crippen LogP contribution < -0.4 is 5.56 Å². The molecule has 0 aliphatic carbocycles. The normalized spacial score (nSPS) is 11.2. The summed E-state index contributed by atoms with van der Waals surface area (Å²) in [7, 11) is 1.82. The number of rotatable bonds is 2. The highest BCUT2D eigenvalue weighted by Crippen LogP contribution is 2.16. The van der Waals surface area contributed by atoms with E-state index >= 15 is 0 Å². The number of nitrogens with zero attached hydrogens (tertiary/aromatic N) is 5. The highest BCUT2D eigenvalue weighted by Gasteiger charge is 2.12. The van der Waals surface area contributed by atoms with Gasteiger partial charge >= 0.3 is 0 Å². The van der Waals surface area contributed by atoms with E-state index in [1.807, 2.05) is 20.0 Å². The van der Waals surface area contributed by atoms with Crippen molar-refractivity contribution in [3.8, 4) is 11.4 Å². The smallest absolute Gasteiger partial charge is 0.252 e. The Hall–Kier alpha value is -2.44. The molecule has 0 aromatic carbocycles. The average molecular weight is 244 g/mol. The fourth-order valence-corrected chi connectivity index (χ4v) is 1.89. The van der Waals surface area contributed by atoms with Gasteiger partial charge in [0.1, 0.15) is 0 Å². The molecule has 1 N–H and O–H groups in total. The summed E-state index contributed by atoms with van der Waals surface area (Å²) in [5.41, 5.74) is 1.30. The van der Waals surface area contributed by atoms with Gasteiger partial charge in [-0.15, -0.1) is 5.10 Å². The van der Waals surface area contributed by atoms with Crippen molar-refractivity contribution >= 4 is 5.78 Å². The third kappa shape index (κ3) is 1.52. The molecule has 0 saturated heterocycles. The molecule has 0 unspecified atom stereocenters. The molecule has 3 rings (SSSR count). The van der Waals surface area contributed by atoms with Gasteiger partial charge in [0.25, 0.3) is 5.56 Å². The Balaban J connectivity index is 2.37. The Labute approximate surface area is 102 Å². The van der Waals surface area contributed by atoms with E-state index in [1.54, 1.807) is 15.4 Å². The van der Waals surface area contributed by atoms with Gasteiger partial charge in [0.2, 0.25) is 5.78 Å². The van der Waals surface area contributed by atoms with Gasteiger partial charge in [-0.05, 0) is 6.07 Å². The average Bonchev–Trinajstić information content (AvgIpc) is 2.93. The largest absolute Gasteiger partial charge is 0.291 e. The molecule has 0 spiro atoms. The molecule has 0 amide bonds. The van der Waals surface area contributed by atoms with Gasteiger partial charge in [-0.1, -0.05) is 6.92 Å². The van der Waals surface area contributed by atoms with Crippen LogP contribution in [0.25, 0.3) is 17.2 Å². The van der Waals surface area contributed by atoms with Crippen LogP contribution in [0.1, 0.15) is 12.7 Å². The summed E-state index contributed by atoms with van der Waals surface area (Å²) < 4.78 is 3.33. The van der Waals surface area contributed by atoms with Crippen LogP contribution in [0.2, 0.25) is 0 Å². The van der Waals surface area contributed by atoms with Crippen molar-refractivity contribution in [2.24, 2.45) is 7.05 Å². The Morgan fingerprint density at radius 1 is 1.39 bits per heavy atom. The third-order valence-electron chi connectivity index (χ3n) is 2.78. The third-order valence-corrected chi connectivity index (χ3v) is 2.78. The molecule has 0 radical (unpaired) electrons. The number of hydrogen-bond donors (Lipinski definition) is 1. The van der Waals surface area contributed by atoms with Crippen molar-refractivity contribution in [3.63, 3.8) is 0 Å². The van der Waals surface area contributed by atoms with E-state index in [0.717, 1.165) is 5.69 Å². The minimum Gasteiger partial charge on any atom is -0.291 e. The zero-order valence-corrected chi connectivity index (χ0v) is 10.1. The monoisotopic (exact) mass is 244 g/mol. The minimum absolute atomic E-state index is 0.200. The van der Waals surface area contributed by atoms with Crippen LogP contribution in [0.5, 0.6) is 0 Å². The van der Waals surface area contributed by atoms with Gasteiger partial charge in [0.05, 0.1) is 11.4 Å². The zero-order chi connectivity index (χ0) is 12.7. The number of aromatic amines is 1. The minimum atomic E-state index is -0.200. The van der Waals surface area contributed by atoms with Crippen LogP contribution in [0.3, 0.4) is 0 Å². The van der Waals surface area contributed by atoms with Crippen molar-refractivity contribution in [2.75, 3.05) is 0 Å². The van der Waals surface area contributed by atoms with E-state index in [4.69, 9.17) is 0 Å². The van der Waals surface area contributed by atoms with Crippen molar-refractivity contribution in [3.05, 3.63) is 34.5 Å². The quantitative estimate of drug-likeness (QED) is 0.706. The first-order valence-electron chi connectivity index (χ1n) is 5.66. The van der Waals surface area contributed by atoms with Gasteiger partial charge < -0.3 is 0 Å². The first kappa shape index (κ1) is 10.7. The van der Waals surface area contributed by atoms with Gasteiger partial charge in [-0.25, -0.2) is 0 Å². The molecule has 0 atom stereocenters. The summed E-state index contributed by atoms with van der Waals surface area (Å²) in [6.07, 6.45) is 2.40. The summed E-state index contributed by atoms with van der Waals surface area (Å²) in [5, 5.41) is 8.46.